The molecule has 0 spiro atoms. The summed E-state index contributed by atoms with van der Waals surface area (Å²) in [5, 5.41) is 0. The van der Waals surface area contributed by atoms with Crippen LogP contribution in [0.4, 0.5) is 0 Å². The summed E-state index contributed by atoms with van der Waals surface area (Å²) < 4.78 is 0. The fourth-order valence-electron chi connectivity index (χ4n) is 3.32. The van der Waals surface area contributed by atoms with Gasteiger partial charge in [-0.2, -0.15) is 0 Å². The number of piperidine rings is 2. The molecule has 0 aromatic rings. The van der Waals surface area contributed by atoms with Gasteiger partial charge < -0.3 is 9.80 Å². The van der Waals surface area contributed by atoms with Crippen molar-refractivity contribution in [2.75, 3.05) is 20.1 Å². The van der Waals surface area contributed by atoms with Gasteiger partial charge in [-0.25, -0.2) is 0 Å². The van der Waals surface area contributed by atoms with Gasteiger partial charge in [-0.05, 0) is 66.1 Å². The number of likely N-dealkylation sites (tertiary alicyclic amines) is 2. The molecule has 1 amide bonds. The Morgan fingerprint density at radius 3 is 2.06 bits per heavy atom. The molecule has 0 bridgehead atoms. The van der Waals surface area contributed by atoms with Crippen LogP contribution in [0.3, 0.4) is 0 Å². The molecule has 0 aliphatic carbocycles. The quantitative estimate of drug-likeness (QED) is 0.698. The molecule has 0 aromatic carbocycles. The van der Waals surface area contributed by atoms with Gasteiger partial charge in [0.1, 0.15) is 0 Å². The molecular weight excluding hydrogens is 212 g/mol. The monoisotopic (exact) mass is 238 g/mol. The minimum Gasteiger partial charge on any atom is -0.337 e. The number of carbonyl (C=O) groups is 1. The van der Waals surface area contributed by atoms with E-state index in [4.69, 9.17) is 0 Å². The number of hydrogen-bond donors (Lipinski definition) is 0. The molecule has 3 nitrogen and oxygen atoms in total. The van der Waals surface area contributed by atoms with Crippen LogP contribution in [-0.2, 0) is 4.79 Å². The second-order valence-corrected chi connectivity index (χ2v) is 5.95. The first-order valence-electron chi connectivity index (χ1n) is 7.10. The van der Waals surface area contributed by atoms with E-state index in [2.05, 4.69) is 30.7 Å². The summed E-state index contributed by atoms with van der Waals surface area (Å²) >= 11 is 0. The molecule has 2 aliphatic rings. The molecule has 2 unspecified atom stereocenters. The van der Waals surface area contributed by atoms with Gasteiger partial charge in [0, 0.05) is 18.0 Å². The first kappa shape index (κ1) is 12.9. The zero-order valence-corrected chi connectivity index (χ0v) is 11.5. The molecule has 2 atom stereocenters. The normalized spacial score (nSPS) is 32.8. The van der Waals surface area contributed by atoms with Gasteiger partial charge in [-0.15, -0.1) is 0 Å². The van der Waals surface area contributed by atoms with Crippen LogP contribution in [-0.4, -0.2) is 47.9 Å². The Morgan fingerprint density at radius 2 is 1.53 bits per heavy atom. The highest BCUT2D eigenvalue weighted by molar-refractivity contribution is 5.79. The van der Waals surface area contributed by atoms with Crippen LogP contribution in [0.15, 0.2) is 0 Å². The average Bonchev–Trinajstić information content (AvgIpc) is 2.29. The van der Waals surface area contributed by atoms with Crippen LogP contribution in [0.5, 0.6) is 0 Å². The molecule has 2 fully saturated rings. The van der Waals surface area contributed by atoms with Crippen molar-refractivity contribution in [3.63, 3.8) is 0 Å². The Kier molecular flexibility index (Phi) is 4.08. The molecule has 0 N–H and O–H groups in total. The summed E-state index contributed by atoms with van der Waals surface area (Å²) in [6.45, 7) is 6.57. The number of hydrogen-bond acceptors (Lipinski definition) is 2. The van der Waals surface area contributed by atoms with Crippen LogP contribution in [0, 0.1) is 5.92 Å². The fraction of sp³-hybridized carbons (Fsp3) is 0.929. The van der Waals surface area contributed by atoms with Gasteiger partial charge in [-0.1, -0.05) is 0 Å². The van der Waals surface area contributed by atoms with Gasteiger partial charge in [0.05, 0.1) is 0 Å². The summed E-state index contributed by atoms with van der Waals surface area (Å²) in [6, 6.07) is 0.900. The van der Waals surface area contributed by atoms with E-state index in [0.29, 0.717) is 18.0 Å². The van der Waals surface area contributed by atoms with Gasteiger partial charge in [0.15, 0.2) is 0 Å². The molecule has 3 heteroatoms. The first-order valence-corrected chi connectivity index (χ1v) is 7.10. The highest BCUT2D eigenvalue weighted by Crippen LogP contribution is 2.27. The lowest BCUT2D eigenvalue weighted by molar-refractivity contribution is -0.143. The molecule has 2 saturated heterocycles. The lowest BCUT2D eigenvalue weighted by Gasteiger charge is -2.42. The lowest BCUT2D eigenvalue weighted by Crippen LogP contribution is -2.51. The summed E-state index contributed by atoms with van der Waals surface area (Å²) in [4.78, 5) is 17.1. The van der Waals surface area contributed by atoms with Crippen molar-refractivity contribution >= 4 is 5.91 Å². The zero-order chi connectivity index (χ0) is 12.4. The van der Waals surface area contributed by atoms with E-state index >= 15 is 0 Å². The lowest BCUT2D eigenvalue weighted by atomic mass is 9.91. The summed E-state index contributed by atoms with van der Waals surface area (Å²) in [5.41, 5.74) is 0. The highest BCUT2D eigenvalue weighted by Gasteiger charge is 2.34. The Morgan fingerprint density at radius 1 is 1.00 bits per heavy atom. The van der Waals surface area contributed by atoms with Crippen molar-refractivity contribution in [2.24, 2.45) is 5.92 Å². The van der Waals surface area contributed by atoms with E-state index < -0.39 is 0 Å². The molecule has 17 heavy (non-hydrogen) atoms. The van der Waals surface area contributed by atoms with Crippen molar-refractivity contribution in [1.82, 2.24) is 9.80 Å². The number of carbonyl (C=O) groups excluding carboxylic acids is 1. The minimum atomic E-state index is 0.286. The van der Waals surface area contributed by atoms with Crippen LogP contribution >= 0.6 is 0 Å². The Balaban J connectivity index is 1.98. The van der Waals surface area contributed by atoms with Crippen LogP contribution in [0.2, 0.25) is 0 Å². The van der Waals surface area contributed by atoms with Crippen LogP contribution in [0.1, 0.15) is 46.0 Å². The largest absolute Gasteiger partial charge is 0.337 e. The highest BCUT2D eigenvalue weighted by atomic mass is 16.2. The zero-order valence-electron chi connectivity index (χ0n) is 11.5. The van der Waals surface area contributed by atoms with Gasteiger partial charge in [-0.3, -0.25) is 4.79 Å². The van der Waals surface area contributed by atoms with Crippen molar-refractivity contribution < 1.29 is 4.79 Å². The smallest absolute Gasteiger partial charge is 0.226 e. The Hall–Kier alpha value is -0.570. The fourth-order valence-corrected chi connectivity index (χ4v) is 3.32. The van der Waals surface area contributed by atoms with E-state index in [1.165, 1.54) is 19.3 Å². The summed E-state index contributed by atoms with van der Waals surface area (Å²) in [7, 11) is 2.15. The van der Waals surface area contributed by atoms with Crippen molar-refractivity contribution in [2.45, 2.75) is 58.0 Å². The van der Waals surface area contributed by atoms with E-state index in [1.54, 1.807) is 0 Å². The van der Waals surface area contributed by atoms with Gasteiger partial charge >= 0.3 is 0 Å². The molecule has 2 heterocycles. The summed E-state index contributed by atoms with van der Waals surface area (Å²) in [6.07, 6.45) is 5.74. The predicted octanol–water partition coefficient (Wildman–Crippen LogP) is 2.12. The van der Waals surface area contributed by atoms with Crippen LogP contribution in [0.25, 0.3) is 0 Å². The second kappa shape index (κ2) is 5.38. The number of rotatable bonds is 1. The molecule has 2 rings (SSSR count). The summed E-state index contributed by atoms with van der Waals surface area (Å²) in [5.74, 6) is 0.715. The van der Waals surface area contributed by atoms with Crippen LogP contribution < -0.4 is 0 Å². The molecule has 0 aromatic heterocycles. The van der Waals surface area contributed by atoms with E-state index in [-0.39, 0.29) is 5.92 Å². The third kappa shape index (κ3) is 2.82. The minimum absolute atomic E-state index is 0.286. The third-order valence-electron chi connectivity index (χ3n) is 4.52. The maximum absolute atomic E-state index is 12.6. The standard InChI is InChI=1S/C14H26N2O/c1-11-5-4-6-12(2)16(11)14(17)13-7-9-15(3)10-8-13/h11-13H,4-10H2,1-3H3. The van der Waals surface area contributed by atoms with Crippen molar-refractivity contribution in [1.29, 1.82) is 0 Å². The maximum atomic E-state index is 12.6. The molecule has 0 radical (unpaired) electrons. The Bertz CT molecular complexity index is 261. The molecule has 0 saturated carbocycles. The maximum Gasteiger partial charge on any atom is 0.226 e. The van der Waals surface area contributed by atoms with E-state index in [1.807, 2.05) is 0 Å². The average molecular weight is 238 g/mol. The topological polar surface area (TPSA) is 23.6 Å². The number of amides is 1. The van der Waals surface area contributed by atoms with Crippen molar-refractivity contribution in [3.8, 4) is 0 Å². The molecule has 2 aliphatic heterocycles. The number of nitrogens with zero attached hydrogens (tertiary/aromatic N) is 2. The Labute approximate surface area is 105 Å². The SMILES string of the molecule is CC1CCCC(C)N1C(=O)C1CCN(C)CC1. The molecular formula is C14H26N2O. The van der Waals surface area contributed by atoms with E-state index in [9.17, 15) is 4.79 Å². The molecule has 98 valence electrons. The predicted molar refractivity (Wildman–Crippen MR) is 69.8 cm³/mol. The van der Waals surface area contributed by atoms with Gasteiger partial charge in [0.25, 0.3) is 0 Å². The van der Waals surface area contributed by atoms with Gasteiger partial charge in [0.2, 0.25) is 5.91 Å². The second-order valence-electron chi connectivity index (χ2n) is 5.95. The van der Waals surface area contributed by atoms with E-state index in [0.717, 1.165) is 25.9 Å². The third-order valence-corrected chi connectivity index (χ3v) is 4.52. The first-order chi connectivity index (χ1) is 8.09. The van der Waals surface area contributed by atoms with Crippen molar-refractivity contribution in [3.05, 3.63) is 0 Å².